The van der Waals surface area contributed by atoms with Gasteiger partial charge in [-0.3, -0.25) is 5.84 Å². The Morgan fingerprint density at radius 1 is 1.27 bits per heavy atom. The zero-order valence-corrected chi connectivity index (χ0v) is 8.06. The Morgan fingerprint density at radius 3 is 2.33 bits per heavy atom. The van der Waals surface area contributed by atoms with E-state index in [4.69, 9.17) is 0 Å². The number of nitrogens with two attached hydrogens (primary N) is 1. The van der Waals surface area contributed by atoms with E-state index in [1.807, 2.05) is 0 Å². The van der Waals surface area contributed by atoms with Crippen molar-refractivity contribution in [3.8, 4) is 0 Å². The molecule has 0 heterocycles. The van der Waals surface area contributed by atoms with Crippen LogP contribution in [0.1, 0.15) is 5.56 Å². The minimum absolute atomic E-state index is 0.509. The van der Waals surface area contributed by atoms with Crippen LogP contribution in [0.2, 0.25) is 0 Å². The summed E-state index contributed by atoms with van der Waals surface area (Å²) < 4.78 is 58.8. The largest absolute Gasteiger partial charge is 0.416 e. The van der Waals surface area contributed by atoms with Gasteiger partial charge in [0, 0.05) is 0 Å². The minimum Gasteiger partial charge on any atom is -0.257 e. The molecule has 4 nitrogen and oxygen atoms in total. The fourth-order valence-corrected chi connectivity index (χ4v) is 1.58. The first-order valence-corrected chi connectivity index (χ1v) is 5.15. The lowest BCUT2D eigenvalue weighted by Crippen LogP contribution is -2.30. The summed E-state index contributed by atoms with van der Waals surface area (Å²) in [5, 5.41) is 0. The van der Waals surface area contributed by atoms with Crippen LogP contribution in [0.3, 0.4) is 0 Å². The van der Waals surface area contributed by atoms with E-state index in [2.05, 4.69) is 5.84 Å². The Morgan fingerprint density at radius 2 is 1.87 bits per heavy atom. The number of nitrogens with one attached hydrogen (secondary N) is 1. The molecular weight excluding hydrogens is 233 g/mol. The van der Waals surface area contributed by atoms with Crippen LogP contribution in [0.5, 0.6) is 0 Å². The molecule has 0 radical (unpaired) electrons. The standard InChI is InChI=1S/C7H7F3N2O2S/c8-7(9,10)5-2-1-3-6(4-5)15(13,14)12-11/h1-4,12H,11H2. The third kappa shape index (κ3) is 2.67. The second kappa shape index (κ2) is 3.80. The molecule has 0 aliphatic carbocycles. The molecule has 3 N–H and O–H groups in total. The van der Waals surface area contributed by atoms with Gasteiger partial charge in [-0.15, -0.1) is 0 Å². The number of sulfonamides is 1. The smallest absolute Gasteiger partial charge is 0.257 e. The van der Waals surface area contributed by atoms with Crippen LogP contribution in [0.4, 0.5) is 13.2 Å². The van der Waals surface area contributed by atoms with E-state index in [0.717, 1.165) is 18.2 Å². The zero-order chi connectivity index (χ0) is 11.7. The highest BCUT2D eigenvalue weighted by atomic mass is 32.2. The number of benzene rings is 1. The summed E-state index contributed by atoms with van der Waals surface area (Å²) in [6, 6.07) is 3.29. The molecule has 1 aromatic rings. The lowest BCUT2D eigenvalue weighted by molar-refractivity contribution is -0.137. The second-order valence-electron chi connectivity index (χ2n) is 2.65. The summed E-state index contributed by atoms with van der Waals surface area (Å²) in [6.07, 6.45) is -4.58. The van der Waals surface area contributed by atoms with E-state index >= 15 is 0 Å². The van der Waals surface area contributed by atoms with Crippen molar-refractivity contribution in [2.24, 2.45) is 5.84 Å². The Kier molecular flexibility index (Phi) is 3.03. The molecule has 0 atom stereocenters. The van der Waals surface area contributed by atoms with Crippen molar-refractivity contribution in [2.45, 2.75) is 11.1 Å². The lowest BCUT2D eigenvalue weighted by atomic mass is 10.2. The summed E-state index contributed by atoms with van der Waals surface area (Å²) in [7, 11) is -4.05. The minimum atomic E-state index is -4.58. The van der Waals surface area contributed by atoms with Gasteiger partial charge < -0.3 is 0 Å². The fourth-order valence-electron chi connectivity index (χ4n) is 0.908. The van der Waals surface area contributed by atoms with E-state index in [9.17, 15) is 21.6 Å². The molecule has 0 fully saturated rings. The predicted molar refractivity (Wildman–Crippen MR) is 46.0 cm³/mol. The van der Waals surface area contributed by atoms with Crippen LogP contribution >= 0.6 is 0 Å². The van der Waals surface area contributed by atoms with Crippen LogP contribution in [-0.2, 0) is 16.2 Å². The molecule has 84 valence electrons. The molecule has 0 spiro atoms. The van der Waals surface area contributed by atoms with E-state index in [1.165, 1.54) is 4.83 Å². The zero-order valence-electron chi connectivity index (χ0n) is 7.25. The summed E-state index contributed by atoms with van der Waals surface area (Å²) in [4.78, 5) is 0.913. The molecule has 0 aliphatic heterocycles. The van der Waals surface area contributed by atoms with Crippen molar-refractivity contribution in [1.29, 1.82) is 0 Å². The maximum Gasteiger partial charge on any atom is 0.416 e. The highest BCUT2D eigenvalue weighted by Crippen LogP contribution is 2.30. The van der Waals surface area contributed by atoms with Gasteiger partial charge in [-0.05, 0) is 18.2 Å². The van der Waals surface area contributed by atoms with Gasteiger partial charge in [0.15, 0.2) is 0 Å². The lowest BCUT2D eigenvalue weighted by Gasteiger charge is -2.08. The molecule has 0 unspecified atom stereocenters. The third-order valence-electron chi connectivity index (χ3n) is 1.63. The van der Waals surface area contributed by atoms with Gasteiger partial charge in [0.25, 0.3) is 10.0 Å². The highest BCUT2D eigenvalue weighted by Gasteiger charge is 2.31. The van der Waals surface area contributed by atoms with Crippen LogP contribution in [-0.4, -0.2) is 8.42 Å². The number of rotatable bonds is 2. The maximum absolute atomic E-state index is 12.2. The molecule has 0 aromatic heterocycles. The van der Waals surface area contributed by atoms with Gasteiger partial charge >= 0.3 is 6.18 Å². The van der Waals surface area contributed by atoms with Crippen LogP contribution < -0.4 is 10.7 Å². The Bertz CT molecular complexity index is 456. The molecule has 8 heteroatoms. The Balaban J connectivity index is 3.27. The fraction of sp³-hybridized carbons (Fsp3) is 0.143. The predicted octanol–water partition coefficient (Wildman–Crippen LogP) is 0.857. The number of hydrogen-bond donors (Lipinski definition) is 2. The molecule has 0 aliphatic rings. The SMILES string of the molecule is NNS(=O)(=O)c1cccc(C(F)(F)F)c1. The summed E-state index contributed by atoms with van der Waals surface area (Å²) >= 11 is 0. The quantitative estimate of drug-likeness (QED) is 0.594. The number of hydrogen-bond acceptors (Lipinski definition) is 3. The van der Waals surface area contributed by atoms with Crippen molar-refractivity contribution >= 4 is 10.0 Å². The molecule has 1 rings (SSSR count). The monoisotopic (exact) mass is 240 g/mol. The van der Waals surface area contributed by atoms with Crippen molar-refractivity contribution in [3.63, 3.8) is 0 Å². The summed E-state index contributed by atoms with van der Waals surface area (Å²) in [6.45, 7) is 0. The van der Waals surface area contributed by atoms with Gasteiger partial charge in [-0.25, -0.2) is 8.42 Å². The topological polar surface area (TPSA) is 72.2 Å². The number of hydrazine groups is 1. The van der Waals surface area contributed by atoms with Crippen LogP contribution in [0, 0.1) is 0 Å². The van der Waals surface area contributed by atoms with Crippen LogP contribution in [0.15, 0.2) is 29.2 Å². The van der Waals surface area contributed by atoms with Gasteiger partial charge in [-0.1, -0.05) is 6.07 Å². The van der Waals surface area contributed by atoms with Crippen molar-refractivity contribution < 1.29 is 21.6 Å². The first-order valence-electron chi connectivity index (χ1n) is 3.67. The molecule has 1 aromatic carbocycles. The van der Waals surface area contributed by atoms with Crippen molar-refractivity contribution in [2.75, 3.05) is 0 Å². The average Bonchev–Trinajstić information content (AvgIpc) is 2.17. The Hall–Kier alpha value is -1.12. The van der Waals surface area contributed by atoms with E-state index in [0.29, 0.717) is 6.07 Å². The molecule has 0 bridgehead atoms. The molecular formula is C7H7F3N2O2S. The average molecular weight is 240 g/mol. The van der Waals surface area contributed by atoms with Crippen molar-refractivity contribution in [3.05, 3.63) is 29.8 Å². The maximum atomic E-state index is 12.2. The van der Waals surface area contributed by atoms with E-state index in [1.54, 1.807) is 0 Å². The summed E-state index contributed by atoms with van der Waals surface area (Å²) in [5.41, 5.74) is -1.04. The van der Waals surface area contributed by atoms with E-state index in [-0.39, 0.29) is 0 Å². The summed E-state index contributed by atoms with van der Waals surface area (Å²) in [5.74, 6) is 4.68. The van der Waals surface area contributed by atoms with Crippen molar-refractivity contribution in [1.82, 2.24) is 4.83 Å². The van der Waals surface area contributed by atoms with Gasteiger partial charge in [0.1, 0.15) is 0 Å². The molecule has 0 amide bonds. The molecule has 0 saturated heterocycles. The van der Waals surface area contributed by atoms with E-state index < -0.39 is 26.7 Å². The van der Waals surface area contributed by atoms with Gasteiger partial charge in [0.2, 0.25) is 0 Å². The normalized spacial score (nSPS) is 12.8. The molecule has 0 saturated carbocycles. The van der Waals surface area contributed by atoms with Crippen LogP contribution in [0.25, 0.3) is 0 Å². The van der Waals surface area contributed by atoms with Gasteiger partial charge in [0.05, 0.1) is 10.5 Å². The first kappa shape index (κ1) is 12.0. The van der Waals surface area contributed by atoms with Gasteiger partial charge in [-0.2, -0.15) is 18.0 Å². The number of halogens is 3. The molecule has 15 heavy (non-hydrogen) atoms. The first-order chi connectivity index (χ1) is 6.77. The third-order valence-corrected chi connectivity index (χ3v) is 2.81. The number of alkyl halides is 3. The highest BCUT2D eigenvalue weighted by molar-refractivity contribution is 7.89. The second-order valence-corrected chi connectivity index (χ2v) is 4.36. The Labute approximate surface area is 83.9 Å².